The summed E-state index contributed by atoms with van der Waals surface area (Å²) in [5.74, 6) is 1.44. The van der Waals surface area contributed by atoms with Gasteiger partial charge in [-0.25, -0.2) is 13.4 Å². The highest BCUT2D eigenvalue weighted by atomic mass is 32.2. The summed E-state index contributed by atoms with van der Waals surface area (Å²) in [5, 5.41) is 0. The summed E-state index contributed by atoms with van der Waals surface area (Å²) >= 11 is 0. The summed E-state index contributed by atoms with van der Waals surface area (Å²) in [5.41, 5.74) is 2.09. The van der Waals surface area contributed by atoms with Gasteiger partial charge in [0.05, 0.1) is 12.0 Å². The molecule has 0 spiro atoms. The normalized spacial score (nSPS) is 16.1. The fraction of sp³-hybridized carbons (Fsp3) is 0.333. The number of hydrogen-bond donors (Lipinski definition) is 0. The van der Waals surface area contributed by atoms with E-state index in [-0.39, 0.29) is 10.9 Å². The molecule has 4 rings (SSSR count). The lowest BCUT2D eigenvalue weighted by atomic mass is 10.1. The first-order chi connectivity index (χ1) is 14.0. The SMILES string of the molecule is COc1cccc(S(=O)(=O)N2CCC(n3c(C)cnc3-c3ccncc3)CC2)c1. The van der Waals surface area contributed by atoms with Gasteiger partial charge >= 0.3 is 0 Å². The maximum absolute atomic E-state index is 13.0. The molecule has 1 aliphatic heterocycles. The zero-order valence-corrected chi connectivity index (χ0v) is 17.3. The molecule has 1 aliphatic rings. The van der Waals surface area contributed by atoms with Crippen LogP contribution in [0, 0.1) is 6.92 Å². The summed E-state index contributed by atoms with van der Waals surface area (Å²) < 4.78 is 35.1. The monoisotopic (exact) mass is 412 g/mol. The van der Waals surface area contributed by atoms with Crippen LogP contribution < -0.4 is 4.74 Å². The van der Waals surface area contributed by atoms with E-state index in [4.69, 9.17) is 4.74 Å². The molecule has 7 nitrogen and oxygen atoms in total. The number of pyridine rings is 1. The van der Waals surface area contributed by atoms with Crippen molar-refractivity contribution >= 4 is 10.0 Å². The van der Waals surface area contributed by atoms with E-state index in [0.717, 1.165) is 29.9 Å². The Bertz CT molecular complexity index is 1090. The maximum Gasteiger partial charge on any atom is 0.243 e. The summed E-state index contributed by atoms with van der Waals surface area (Å²) in [7, 11) is -2.01. The van der Waals surface area contributed by atoms with E-state index in [2.05, 4.69) is 14.5 Å². The smallest absolute Gasteiger partial charge is 0.243 e. The van der Waals surface area contributed by atoms with Gasteiger partial charge in [-0.05, 0) is 44.0 Å². The number of aryl methyl sites for hydroxylation is 1. The first-order valence-electron chi connectivity index (χ1n) is 9.59. The third kappa shape index (κ3) is 3.77. The van der Waals surface area contributed by atoms with Crippen LogP contribution in [0.4, 0.5) is 0 Å². The molecular formula is C21H24N4O3S. The Morgan fingerprint density at radius 3 is 2.52 bits per heavy atom. The van der Waals surface area contributed by atoms with Gasteiger partial charge in [0.25, 0.3) is 0 Å². The summed E-state index contributed by atoms with van der Waals surface area (Å²) in [6, 6.07) is 10.7. The predicted octanol–water partition coefficient (Wildman–Crippen LogP) is 3.29. The largest absolute Gasteiger partial charge is 0.497 e. The summed E-state index contributed by atoms with van der Waals surface area (Å²) in [6.45, 7) is 2.98. The van der Waals surface area contributed by atoms with Gasteiger partial charge in [-0.1, -0.05) is 6.07 Å². The maximum atomic E-state index is 13.0. The Hall–Kier alpha value is -2.71. The van der Waals surface area contributed by atoms with Crippen LogP contribution in [-0.2, 0) is 10.0 Å². The molecular weight excluding hydrogens is 388 g/mol. The average Bonchev–Trinajstić information content (AvgIpc) is 3.16. The lowest BCUT2D eigenvalue weighted by Crippen LogP contribution is -2.39. The highest BCUT2D eigenvalue weighted by molar-refractivity contribution is 7.89. The van der Waals surface area contributed by atoms with Gasteiger partial charge in [-0.15, -0.1) is 0 Å². The Labute approximate surface area is 171 Å². The van der Waals surface area contributed by atoms with Crippen LogP contribution in [0.5, 0.6) is 5.75 Å². The zero-order valence-electron chi connectivity index (χ0n) is 16.5. The number of hydrogen-bond acceptors (Lipinski definition) is 5. The van der Waals surface area contributed by atoms with Crippen molar-refractivity contribution < 1.29 is 13.2 Å². The molecule has 3 heterocycles. The number of piperidine rings is 1. The quantitative estimate of drug-likeness (QED) is 0.643. The van der Waals surface area contributed by atoms with Gasteiger partial charge in [0, 0.05) is 55.0 Å². The first kappa shape index (κ1) is 19.6. The molecule has 1 saturated heterocycles. The minimum Gasteiger partial charge on any atom is -0.497 e. The highest BCUT2D eigenvalue weighted by Crippen LogP contribution is 2.32. The second kappa shape index (κ2) is 7.96. The van der Waals surface area contributed by atoms with Crippen molar-refractivity contribution in [2.45, 2.75) is 30.7 Å². The molecule has 0 amide bonds. The molecule has 1 fully saturated rings. The molecule has 8 heteroatoms. The van der Waals surface area contributed by atoms with E-state index in [1.807, 2.05) is 25.3 Å². The number of nitrogens with zero attached hydrogens (tertiary/aromatic N) is 4. The zero-order chi connectivity index (χ0) is 20.4. The molecule has 152 valence electrons. The number of methoxy groups -OCH3 is 1. The fourth-order valence-electron chi connectivity index (χ4n) is 3.87. The first-order valence-corrected chi connectivity index (χ1v) is 11.0. The van der Waals surface area contributed by atoms with Crippen LogP contribution in [0.25, 0.3) is 11.4 Å². The van der Waals surface area contributed by atoms with Gasteiger partial charge in [0.15, 0.2) is 0 Å². The number of aromatic nitrogens is 3. The summed E-state index contributed by atoms with van der Waals surface area (Å²) in [4.78, 5) is 8.93. The van der Waals surface area contributed by atoms with Crippen LogP contribution in [0.2, 0.25) is 0 Å². The van der Waals surface area contributed by atoms with Gasteiger partial charge in [0.1, 0.15) is 11.6 Å². The van der Waals surface area contributed by atoms with E-state index in [1.165, 1.54) is 7.11 Å². The van der Waals surface area contributed by atoms with Crippen molar-refractivity contribution in [1.82, 2.24) is 18.8 Å². The van der Waals surface area contributed by atoms with Crippen molar-refractivity contribution in [3.8, 4) is 17.1 Å². The molecule has 0 radical (unpaired) electrons. The second-order valence-electron chi connectivity index (χ2n) is 7.14. The van der Waals surface area contributed by atoms with E-state index >= 15 is 0 Å². The van der Waals surface area contributed by atoms with Gasteiger partial charge in [-0.3, -0.25) is 4.98 Å². The van der Waals surface area contributed by atoms with Crippen molar-refractivity contribution in [3.63, 3.8) is 0 Å². The van der Waals surface area contributed by atoms with E-state index in [1.54, 1.807) is 41.0 Å². The minimum absolute atomic E-state index is 0.206. The van der Waals surface area contributed by atoms with Crippen molar-refractivity contribution in [2.24, 2.45) is 0 Å². The average molecular weight is 413 g/mol. The topological polar surface area (TPSA) is 77.3 Å². The van der Waals surface area contributed by atoms with Gasteiger partial charge < -0.3 is 9.30 Å². The molecule has 3 aromatic rings. The van der Waals surface area contributed by atoms with Crippen LogP contribution in [0.15, 0.2) is 59.9 Å². The Kier molecular flexibility index (Phi) is 5.38. The molecule has 0 bridgehead atoms. The molecule has 29 heavy (non-hydrogen) atoms. The van der Waals surface area contributed by atoms with Gasteiger partial charge in [-0.2, -0.15) is 4.31 Å². The van der Waals surface area contributed by atoms with E-state index < -0.39 is 10.0 Å². The molecule has 0 unspecified atom stereocenters. The molecule has 1 aromatic carbocycles. The molecule has 0 aliphatic carbocycles. The number of benzene rings is 1. The van der Waals surface area contributed by atoms with Crippen molar-refractivity contribution in [3.05, 3.63) is 60.7 Å². The molecule has 0 atom stereocenters. The van der Waals surface area contributed by atoms with Crippen LogP contribution >= 0.6 is 0 Å². The minimum atomic E-state index is -3.54. The van der Waals surface area contributed by atoms with Crippen LogP contribution in [-0.4, -0.2) is 47.5 Å². The molecule has 0 saturated carbocycles. The lowest BCUT2D eigenvalue weighted by Gasteiger charge is -2.33. The highest BCUT2D eigenvalue weighted by Gasteiger charge is 2.31. The van der Waals surface area contributed by atoms with E-state index in [0.29, 0.717) is 18.8 Å². The molecule has 2 aromatic heterocycles. The van der Waals surface area contributed by atoms with Crippen LogP contribution in [0.1, 0.15) is 24.6 Å². The Morgan fingerprint density at radius 2 is 1.83 bits per heavy atom. The van der Waals surface area contributed by atoms with Gasteiger partial charge in [0.2, 0.25) is 10.0 Å². The van der Waals surface area contributed by atoms with Crippen LogP contribution in [0.3, 0.4) is 0 Å². The van der Waals surface area contributed by atoms with E-state index in [9.17, 15) is 8.42 Å². The standard InChI is InChI=1S/C21H24N4O3S/c1-16-15-23-21(17-6-10-22-11-7-17)25(16)18-8-12-24(13-9-18)29(26,27)20-5-3-4-19(14-20)28-2/h3-7,10-11,14-15,18H,8-9,12-13H2,1-2H3. The number of ether oxygens (including phenoxy) is 1. The number of sulfonamides is 1. The number of rotatable bonds is 5. The van der Waals surface area contributed by atoms with Crippen molar-refractivity contribution in [1.29, 1.82) is 0 Å². The second-order valence-corrected chi connectivity index (χ2v) is 9.08. The Morgan fingerprint density at radius 1 is 1.10 bits per heavy atom. The Balaban J connectivity index is 1.54. The fourth-order valence-corrected chi connectivity index (χ4v) is 5.38. The third-order valence-corrected chi connectivity index (χ3v) is 7.28. The van der Waals surface area contributed by atoms with Crippen molar-refractivity contribution in [2.75, 3.05) is 20.2 Å². The molecule has 0 N–H and O–H groups in total. The third-order valence-electron chi connectivity index (χ3n) is 5.39. The lowest BCUT2D eigenvalue weighted by molar-refractivity contribution is 0.273. The summed E-state index contributed by atoms with van der Waals surface area (Å²) in [6.07, 6.45) is 6.85. The number of imidazole rings is 1. The predicted molar refractivity (Wildman–Crippen MR) is 110 cm³/mol.